The molecule has 34 heavy (non-hydrogen) atoms. The van der Waals surface area contributed by atoms with Gasteiger partial charge < -0.3 is 14.9 Å². The van der Waals surface area contributed by atoms with Gasteiger partial charge in [-0.15, -0.1) is 0 Å². The summed E-state index contributed by atoms with van der Waals surface area (Å²) >= 11 is 12.2. The van der Waals surface area contributed by atoms with Crippen LogP contribution < -0.4 is 9.64 Å². The van der Waals surface area contributed by atoms with Crippen LogP contribution in [0.25, 0.3) is 5.76 Å². The van der Waals surface area contributed by atoms with Crippen LogP contribution in [0, 0.1) is 0 Å². The van der Waals surface area contributed by atoms with E-state index in [0.29, 0.717) is 34.2 Å². The first-order chi connectivity index (χ1) is 16.3. The zero-order valence-electron chi connectivity index (χ0n) is 18.2. The molecule has 1 aliphatic rings. The molecule has 6 nitrogen and oxygen atoms in total. The largest absolute Gasteiger partial charge is 0.508 e. The van der Waals surface area contributed by atoms with Gasteiger partial charge in [0, 0.05) is 11.3 Å². The summed E-state index contributed by atoms with van der Waals surface area (Å²) in [6.07, 6.45) is 0.811. The van der Waals surface area contributed by atoms with Crippen LogP contribution in [0.1, 0.15) is 30.5 Å². The first kappa shape index (κ1) is 23.7. The maximum atomic E-state index is 13.2. The summed E-state index contributed by atoms with van der Waals surface area (Å²) in [5.74, 6) is -1.44. The Labute approximate surface area is 206 Å². The molecule has 3 aromatic carbocycles. The molecule has 0 radical (unpaired) electrons. The van der Waals surface area contributed by atoms with Gasteiger partial charge in [-0.3, -0.25) is 14.5 Å². The molecule has 1 heterocycles. The van der Waals surface area contributed by atoms with Crippen molar-refractivity contribution in [3.8, 4) is 11.5 Å². The van der Waals surface area contributed by atoms with Gasteiger partial charge in [-0.1, -0.05) is 54.4 Å². The number of ketones is 1. The topological polar surface area (TPSA) is 87.1 Å². The first-order valence-corrected chi connectivity index (χ1v) is 11.4. The Morgan fingerprint density at radius 3 is 2.41 bits per heavy atom. The second-order valence-electron chi connectivity index (χ2n) is 7.74. The number of benzene rings is 3. The number of carbonyl (C=O) groups excluding carboxylic acids is 2. The summed E-state index contributed by atoms with van der Waals surface area (Å²) in [5.41, 5.74) is 1.11. The Hall–Kier alpha value is -3.48. The zero-order valence-corrected chi connectivity index (χ0v) is 19.7. The minimum absolute atomic E-state index is 0.0241. The summed E-state index contributed by atoms with van der Waals surface area (Å²) in [6, 6.07) is 16.4. The summed E-state index contributed by atoms with van der Waals surface area (Å²) < 4.78 is 5.65. The molecule has 8 heteroatoms. The Kier molecular flexibility index (Phi) is 6.82. The Balaban J connectivity index is 1.89. The number of amides is 1. The number of nitrogens with zero attached hydrogens (tertiary/aromatic N) is 1. The van der Waals surface area contributed by atoms with E-state index in [9.17, 15) is 19.8 Å². The normalized spacial score (nSPS) is 17.3. The average molecular weight is 498 g/mol. The number of rotatable bonds is 6. The highest BCUT2D eigenvalue weighted by molar-refractivity contribution is 6.52. The number of ether oxygens (including phenoxy) is 1. The highest BCUT2D eigenvalue weighted by Gasteiger charge is 2.47. The SMILES string of the molecule is CCCOc1cccc(/C(O)=C2\C(=O)C(=O)N(c3ccc(Cl)c(Cl)c3)C2c2ccc(O)cc2)c1. The third-order valence-electron chi connectivity index (χ3n) is 5.41. The van der Waals surface area contributed by atoms with E-state index in [1.165, 1.54) is 29.2 Å². The molecular formula is C26H21Cl2NO5. The molecule has 174 valence electrons. The molecule has 3 aromatic rings. The Bertz CT molecular complexity index is 1290. The maximum Gasteiger partial charge on any atom is 0.300 e. The first-order valence-electron chi connectivity index (χ1n) is 10.6. The van der Waals surface area contributed by atoms with Gasteiger partial charge >= 0.3 is 0 Å². The van der Waals surface area contributed by atoms with Crippen molar-refractivity contribution in [1.29, 1.82) is 0 Å². The number of aliphatic hydroxyl groups is 1. The lowest BCUT2D eigenvalue weighted by Gasteiger charge is -2.25. The van der Waals surface area contributed by atoms with Crippen LogP contribution in [0.5, 0.6) is 11.5 Å². The fraction of sp³-hybridized carbons (Fsp3) is 0.154. The van der Waals surface area contributed by atoms with E-state index >= 15 is 0 Å². The van der Waals surface area contributed by atoms with Gasteiger partial charge in [-0.2, -0.15) is 0 Å². The van der Waals surface area contributed by atoms with Crippen molar-refractivity contribution >= 4 is 46.3 Å². The number of Topliss-reactive ketones (excluding diaryl/α,β-unsaturated/α-hetero) is 1. The van der Waals surface area contributed by atoms with Crippen LogP contribution in [0.15, 0.2) is 72.3 Å². The molecule has 1 atom stereocenters. The fourth-order valence-corrected chi connectivity index (χ4v) is 4.11. The number of aromatic hydroxyl groups is 1. The van der Waals surface area contributed by atoms with E-state index in [4.69, 9.17) is 27.9 Å². The molecule has 0 saturated carbocycles. The van der Waals surface area contributed by atoms with Gasteiger partial charge in [0.05, 0.1) is 28.3 Å². The minimum Gasteiger partial charge on any atom is -0.508 e. The van der Waals surface area contributed by atoms with Crippen LogP contribution in [-0.4, -0.2) is 28.5 Å². The molecule has 4 rings (SSSR count). The molecule has 1 amide bonds. The average Bonchev–Trinajstić information content (AvgIpc) is 3.10. The zero-order chi connectivity index (χ0) is 24.4. The van der Waals surface area contributed by atoms with Crippen LogP contribution in [0.2, 0.25) is 10.0 Å². The quantitative estimate of drug-likeness (QED) is 0.243. The summed E-state index contributed by atoms with van der Waals surface area (Å²) in [6.45, 7) is 2.48. The molecule has 1 fully saturated rings. The minimum atomic E-state index is -0.960. The molecule has 0 bridgehead atoms. The molecule has 2 N–H and O–H groups in total. The number of phenolic OH excluding ortho intramolecular Hbond substituents is 1. The predicted molar refractivity (Wildman–Crippen MR) is 132 cm³/mol. The lowest BCUT2D eigenvalue weighted by Crippen LogP contribution is -2.29. The highest BCUT2D eigenvalue weighted by Crippen LogP contribution is 2.43. The van der Waals surface area contributed by atoms with Crippen LogP contribution >= 0.6 is 23.2 Å². The van der Waals surface area contributed by atoms with Crippen LogP contribution in [0.4, 0.5) is 5.69 Å². The number of halogens is 2. The number of hydrogen-bond acceptors (Lipinski definition) is 5. The van der Waals surface area contributed by atoms with Gasteiger partial charge in [0.25, 0.3) is 11.7 Å². The van der Waals surface area contributed by atoms with Gasteiger partial charge in [0.15, 0.2) is 0 Å². The maximum absolute atomic E-state index is 13.2. The molecule has 0 spiro atoms. The summed E-state index contributed by atoms with van der Waals surface area (Å²) in [5, 5.41) is 21.5. The molecule has 0 aliphatic carbocycles. The molecule has 1 saturated heterocycles. The van der Waals surface area contributed by atoms with Gasteiger partial charge in [0.2, 0.25) is 0 Å². The molecule has 0 aromatic heterocycles. The van der Waals surface area contributed by atoms with E-state index < -0.39 is 17.7 Å². The Morgan fingerprint density at radius 1 is 1.00 bits per heavy atom. The van der Waals surface area contributed by atoms with Crippen molar-refractivity contribution in [1.82, 2.24) is 0 Å². The van der Waals surface area contributed by atoms with Crippen molar-refractivity contribution < 1.29 is 24.5 Å². The Morgan fingerprint density at radius 2 is 1.74 bits per heavy atom. The van der Waals surface area contributed by atoms with Crippen molar-refractivity contribution in [2.24, 2.45) is 0 Å². The van der Waals surface area contributed by atoms with Gasteiger partial charge in [0.1, 0.15) is 17.3 Å². The highest BCUT2D eigenvalue weighted by atomic mass is 35.5. The van der Waals surface area contributed by atoms with E-state index in [2.05, 4.69) is 0 Å². The van der Waals surface area contributed by atoms with Crippen molar-refractivity contribution in [3.63, 3.8) is 0 Å². The van der Waals surface area contributed by atoms with Crippen molar-refractivity contribution in [2.75, 3.05) is 11.5 Å². The van der Waals surface area contributed by atoms with Crippen LogP contribution in [0.3, 0.4) is 0 Å². The standard InChI is InChI=1S/C26H21Cl2NO5/c1-2-12-34-19-5-3-4-16(13-19)24(31)22-23(15-6-9-18(30)10-7-15)29(26(33)25(22)32)17-8-11-20(27)21(28)14-17/h3-11,13-14,23,30-31H,2,12H2,1H3/b24-22+. The van der Waals surface area contributed by atoms with Crippen molar-refractivity contribution in [3.05, 3.63) is 93.5 Å². The van der Waals surface area contributed by atoms with E-state index in [-0.39, 0.29) is 22.1 Å². The van der Waals surface area contributed by atoms with Gasteiger partial charge in [-0.05, 0) is 54.4 Å². The summed E-state index contributed by atoms with van der Waals surface area (Å²) in [7, 11) is 0. The fourth-order valence-electron chi connectivity index (χ4n) is 3.81. The monoisotopic (exact) mass is 497 g/mol. The van der Waals surface area contributed by atoms with Crippen LogP contribution in [-0.2, 0) is 9.59 Å². The number of hydrogen-bond donors (Lipinski definition) is 2. The smallest absolute Gasteiger partial charge is 0.300 e. The number of aliphatic hydroxyl groups excluding tert-OH is 1. The second-order valence-corrected chi connectivity index (χ2v) is 8.55. The van der Waals surface area contributed by atoms with Crippen molar-refractivity contribution in [2.45, 2.75) is 19.4 Å². The molecule has 1 aliphatic heterocycles. The lowest BCUT2D eigenvalue weighted by molar-refractivity contribution is -0.132. The predicted octanol–water partition coefficient (Wildman–Crippen LogP) is 6.11. The summed E-state index contributed by atoms with van der Waals surface area (Å²) in [4.78, 5) is 27.7. The van der Waals surface area contributed by atoms with Gasteiger partial charge in [-0.25, -0.2) is 0 Å². The molecular weight excluding hydrogens is 477 g/mol. The third kappa shape index (κ3) is 4.47. The number of anilines is 1. The number of carbonyl (C=O) groups is 2. The molecule has 1 unspecified atom stereocenters. The third-order valence-corrected chi connectivity index (χ3v) is 6.15. The van der Waals surface area contributed by atoms with E-state index in [0.717, 1.165) is 6.42 Å². The lowest BCUT2D eigenvalue weighted by atomic mass is 9.95. The van der Waals surface area contributed by atoms with E-state index in [1.807, 2.05) is 6.92 Å². The second kappa shape index (κ2) is 9.79. The van der Waals surface area contributed by atoms with E-state index in [1.54, 1.807) is 42.5 Å². The number of phenols is 1.